The van der Waals surface area contributed by atoms with E-state index in [2.05, 4.69) is 126 Å². The molecule has 0 saturated carbocycles. The van der Waals surface area contributed by atoms with Gasteiger partial charge in [-0.05, 0) is 0 Å². The first-order chi connectivity index (χ1) is 25.4. The minimum atomic E-state index is -2.20. The first-order valence-electron chi connectivity index (χ1n) is 21.1. The molecular weight excluding hydrogens is 791 g/mol. The molecule has 0 spiro atoms. The van der Waals surface area contributed by atoms with Crippen LogP contribution >= 0.6 is 0 Å². The average molecular weight is 853 g/mol. The summed E-state index contributed by atoms with van der Waals surface area (Å²) in [6.07, 6.45) is 18.1. The number of fused-ring (bicyclic) bond motifs is 8. The largest absolute Gasteiger partial charge is 1.00 e. The Morgan fingerprint density at radius 1 is 0.463 bits per heavy atom. The van der Waals surface area contributed by atoms with Crippen LogP contribution in [0.25, 0.3) is 32.6 Å². The molecule has 2 aliphatic carbocycles. The van der Waals surface area contributed by atoms with Crippen LogP contribution in [-0.2, 0) is 36.1 Å². The number of rotatable bonds is 16. The summed E-state index contributed by atoms with van der Waals surface area (Å²) in [5, 5.41) is 3.69. The van der Waals surface area contributed by atoms with Crippen LogP contribution < -0.4 is 24.8 Å². The number of hydrogen-bond donors (Lipinski definition) is 0. The Morgan fingerprint density at radius 3 is 1.24 bits per heavy atom. The smallest absolute Gasteiger partial charge is 1.00 e. The number of benzene rings is 4. The molecule has 0 N–H and O–H groups in total. The standard InChI is InChI=1S/C50H62Si.2ClH.Zr/c1-7-11-13-15-21-43-35-41-23-17-25-45(39-31-27-37(19-9-3)28-32-39)47(41)49(43)51(5,6)50-44(22-16-14-12-8-2)36-42-24-18-26-46(48(42)50)40-33-29-38(20-10-4)30-34-40;;;/h17-18,23-36H,7-16,19-22H2,1-6H3;2*1H;/q;;;+2/p-2. The van der Waals surface area contributed by atoms with Gasteiger partial charge in [0.2, 0.25) is 0 Å². The van der Waals surface area contributed by atoms with E-state index in [1.807, 2.05) is 21.5 Å². The molecule has 284 valence electrons. The molecule has 7 rings (SSSR count). The van der Waals surface area contributed by atoms with E-state index < -0.39 is 31.3 Å². The van der Waals surface area contributed by atoms with Crippen LogP contribution in [0.1, 0.15) is 145 Å². The Bertz CT molecular complexity index is 1800. The summed E-state index contributed by atoms with van der Waals surface area (Å²) in [5.41, 5.74) is 19.4. The maximum absolute atomic E-state index is 2.78. The van der Waals surface area contributed by atoms with Crippen molar-refractivity contribution in [3.8, 4) is 22.3 Å². The summed E-state index contributed by atoms with van der Waals surface area (Å²) in [6.45, 7) is 14.9. The Morgan fingerprint density at radius 2 is 0.870 bits per heavy atom. The van der Waals surface area contributed by atoms with Gasteiger partial charge in [0.25, 0.3) is 0 Å². The van der Waals surface area contributed by atoms with Crippen molar-refractivity contribution < 1.29 is 48.0 Å². The maximum atomic E-state index is 2.78. The summed E-state index contributed by atoms with van der Waals surface area (Å²) >= 11 is -0.995. The molecule has 1 heterocycles. The molecule has 0 aromatic heterocycles. The van der Waals surface area contributed by atoms with Crippen molar-refractivity contribution in [2.24, 2.45) is 0 Å². The summed E-state index contributed by atoms with van der Waals surface area (Å²) in [6, 6.07) is 34.4. The first kappa shape index (κ1) is 43.2. The number of halogens is 2. The van der Waals surface area contributed by atoms with Crippen molar-refractivity contribution in [3.63, 3.8) is 0 Å². The van der Waals surface area contributed by atoms with Gasteiger partial charge in [-0.1, -0.05) is 0 Å². The molecule has 0 radical (unpaired) electrons. The first-order valence-corrected chi connectivity index (χ1v) is 26.9. The van der Waals surface area contributed by atoms with E-state index in [1.165, 1.54) is 110 Å². The molecule has 0 fully saturated rings. The number of allylic oxidation sites excluding steroid dienone is 2. The minimum Gasteiger partial charge on any atom is -1.00 e. The van der Waals surface area contributed by atoms with Crippen molar-refractivity contribution in [1.82, 2.24) is 0 Å². The molecule has 3 aliphatic rings. The molecule has 2 unspecified atom stereocenters. The molecule has 2 atom stereocenters. The van der Waals surface area contributed by atoms with Crippen LogP contribution in [0.3, 0.4) is 0 Å². The Labute approximate surface area is 353 Å². The van der Waals surface area contributed by atoms with Gasteiger partial charge in [-0.2, -0.15) is 0 Å². The second-order valence-corrected chi connectivity index (χ2v) is 24.4. The molecule has 1 aliphatic heterocycles. The fraction of sp³-hybridized carbons (Fsp3) is 0.440. The molecule has 0 amide bonds. The zero-order valence-electron chi connectivity index (χ0n) is 33.9. The van der Waals surface area contributed by atoms with Crippen molar-refractivity contribution in [2.45, 2.75) is 138 Å². The monoisotopic (exact) mass is 850 g/mol. The molecule has 4 bridgehead atoms. The van der Waals surface area contributed by atoms with Gasteiger partial charge in [-0.15, -0.1) is 0 Å². The van der Waals surface area contributed by atoms with E-state index in [9.17, 15) is 0 Å². The van der Waals surface area contributed by atoms with Crippen molar-refractivity contribution in [2.75, 3.05) is 0 Å². The SMILES string of the molecule is CCCCCCC1=C2c3c(-c4ccc(CCC)cc4)cccc3[CH]1[Zr+2][CH]1C(CCCCCC)=C(c3c(-c4ccc(CCC)cc4)cccc31)[Si]2(C)C.[Cl-].[Cl-]. The van der Waals surface area contributed by atoms with Crippen LogP contribution in [0.15, 0.2) is 96.1 Å². The number of aryl methyl sites for hydroxylation is 2. The zero-order valence-corrected chi connectivity index (χ0v) is 38.9. The summed E-state index contributed by atoms with van der Waals surface area (Å²) in [4.78, 5) is 0. The van der Waals surface area contributed by atoms with E-state index in [0.717, 1.165) is 12.8 Å². The third-order valence-corrected chi connectivity index (χ3v) is 21.0. The van der Waals surface area contributed by atoms with E-state index in [1.54, 1.807) is 22.3 Å². The second-order valence-electron chi connectivity index (χ2n) is 16.5. The molecular formula is C50H62Cl2SiZr. The van der Waals surface area contributed by atoms with E-state index >= 15 is 0 Å². The van der Waals surface area contributed by atoms with Crippen LogP contribution in [0, 0.1) is 0 Å². The van der Waals surface area contributed by atoms with E-state index in [0.29, 0.717) is 7.25 Å². The van der Waals surface area contributed by atoms with Crippen LogP contribution in [0.5, 0.6) is 0 Å². The Balaban J connectivity index is 0.00000280. The van der Waals surface area contributed by atoms with Gasteiger partial charge < -0.3 is 24.8 Å². The normalized spacial score (nSPS) is 17.4. The third kappa shape index (κ3) is 8.35. The Kier molecular flexibility index (Phi) is 15.6. The van der Waals surface area contributed by atoms with Crippen LogP contribution in [-0.4, -0.2) is 8.07 Å². The fourth-order valence-electron chi connectivity index (χ4n) is 10.0. The van der Waals surface area contributed by atoms with Gasteiger partial charge in [-0.3, -0.25) is 0 Å². The average Bonchev–Trinajstić information content (AvgIpc) is 3.67. The van der Waals surface area contributed by atoms with E-state index in [4.69, 9.17) is 0 Å². The van der Waals surface area contributed by atoms with Gasteiger partial charge in [0.15, 0.2) is 0 Å². The van der Waals surface area contributed by atoms with Gasteiger partial charge in [0, 0.05) is 0 Å². The van der Waals surface area contributed by atoms with Crippen molar-refractivity contribution in [3.05, 3.63) is 129 Å². The predicted octanol–water partition coefficient (Wildman–Crippen LogP) is 9.07. The zero-order chi connectivity index (χ0) is 36.2. The second kappa shape index (κ2) is 19.5. The van der Waals surface area contributed by atoms with Crippen LogP contribution in [0.2, 0.25) is 13.1 Å². The molecule has 4 aromatic rings. The van der Waals surface area contributed by atoms with E-state index in [-0.39, 0.29) is 24.8 Å². The molecule has 4 heteroatoms. The quantitative estimate of drug-likeness (QED) is 0.0781. The van der Waals surface area contributed by atoms with Gasteiger partial charge in [-0.25, -0.2) is 0 Å². The van der Waals surface area contributed by atoms with Crippen LogP contribution in [0.4, 0.5) is 0 Å². The molecule has 0 saturated heterocycles. The van der Waals surface area contributed by atoms with Gasteiger partial charge in [0.05, 0.1) is 0 Å². The summed E-state index contributed by atoms with van der Waals surface area (Å²) < 4.78 is 1.36. The summed E-state index contributed by atoms with van der Waals surface area (Å²) in [7, 11) is -2.20. The maximum Gasteiger partial charge on any atom is -1.00 e. The molecule has 54 heavy (non-hydrogen) atoms. The molecule has 4 aromatic carbocycles. The fourth-order valence-corrected chi connectivity index (χ4v) is 20.3. The minimum absolute atomic E-state index is 0. The molecule has 0 nitrogen and oxygen atoms in total. The topological polar surface area (TPSA) is 0 Å². The Hall–Kier alpha value is -1.96. The predicted molar refractivity (Wildman–Crippen MR) is 226 cm³/mol. The van der Waals surface area contributed by atoms with Gasteiger partial charge in [0.1, 0.15) is 0 Å². The summed E-state index contributed by atoms with van der Waals surface area (Å²) in [5.74, 6) is 0. The number of unbranched alkanes of at least 4 members (excludes halogenated alkanes) is 6. The number of hydrogen-bond acceptors (Lipinski definition) is 0. The third-order valence-electron chi connectivity index (χ3n) is 12.4. The van der Waals surface area contributed by atoms with Crippen molar-refractivity contribution in [1.29, 1.82) is 0 Å². The van der Waals surface area contributed by atoms with Crippen molar-refractivity contribution >= 4 is 18.5 Å². The van der Waals surface area contributed by atoms with Gasteiger partial charge >= 0.3 is 331 Å².